The first kappa shape index (κ1) is 21.7. The first-order valence-electron chi connectivity index (χ1n) is 8.63. The second-order valence-electron chi connectivity index (χ2n) is 7.36. The van der Waals surface area contributed by atoms with Gasteiger partial charge in [-0.15, -0.1) is 11.3 Å². The number of anilines is 1. The van der Waals surface area contributed by atoms with Crippen molar-refractivity contribution in [2.24, 2.45) is 0 Å². The van der Waals surface area contributed by atoms with Crippen molar-refractivity contribution in [1.29, 1.82) is 0 Å². The molecule has 154 valence electrons. The molecule has 2 aromatic heterocycles. The largest absolute Gasteiger partial charge is 0.438 e. The molecular weight excluding hydrogens is 478 g/mol. The Labute approximate surface area is 181 Å². The Morgan fingerprint density at radius 2 is 1.79 bits per heavy atom. The number of benzene rings is 1. The number of carbonyl (C=O) groups is 1. The van der Waals surface area contributed by atoms with Crippen molar-refractivity contribution in [2.75, 3.05) is 5.32 Å². The van der Waals surface area contributed by atoms with Gasteiger partial charge in [-0.2, -0.15) is 0 Å². The highest BCUT2D eigenvalue weighted by Crippen LogP contribution is 2.31. The molecule has 0 bridgehead atoms. The highest BCUT2D eigenvalue weighted by Gasteiger charge is 2.26. The highest BCUT2D eigenvalue weighted by atomic mass is 79.9. The van der Waals surface area contributed by atoms with E-state index in [0.717, 1.165) is 20.6 Å². The van der Waals surface area contributed by atoms with Crippen molar-refractivity contribution in [1.82, 2.24) is 9.71 Å². The molecule has 0 aliphatic carbocycles. The van der Waals surface area contributed by atoms with Crippen LogP contribution in [0.1, 0.15) is 36.2 Å². The van der Waals surface area contributed by atoms with Crippen LogP contribution in [0.5, 0.6) is 0 Å². The molecule has 3 rings (SSSR count). The Balaban J connectivity index is 1.77. The maximum atomic E-state index is 12.5. The molecule has 0 atom stereocenters. The molecule has 29 heavy (non-hydrogen) atoms. The number of rotatable bonds is 5. The molecular formula is C19H20BrN3O4S2. The van der Waals surface area contributed by atoms with Crippen LogP contribution in [-0.4, -0.2) is 24.8 Å². The zero-order chi connectivity index (χ0) is 21.4. The summed E-state index contributed by atoms with van der Waals surface area (Å²) in [6.45, 7) is 7.07. The third-order valence-corrected chi connectivity index (χ3v) is 6.69. The number of carbonyl (C=O) groups excluding carboxylic acids is 1. The molecule has 3 aromatic rings. The Bertz CT molecular complexity index is 1140. The third kappa shape index (κ3) is 5.33. The number of aromatic nitrogens is 1. The van der Waals surface area contributed by atoms with E-state index >= 15 is 0 Å². The van der Waals surface area contributed by atoms with E-state index in [9.17, 15) is 13.2 Å². The van der Waals surface area contributed by atoms with Gasteiger partial charge in [-0.05, 0) is 52.0 Å². The van der Waals surface area contributed by atoms with Crippen LogP contribution in [0, 0.1) is 6.92 Å². The number of nitrogens with one attached hydrogen (secondary N) is 2. The molecule has 0 radical (unpaired) electrons. The van der Waals surface area contributed by atoms with Gasteiger partial charge in [0, 0.05) is 20.5 Å². The van der Waals surface area contributed by atoms with Crippen LogP contribution in [-0.2, 0) is 10.0 Å². The smallest absolute Gasteiger partial charge is 0.293 e. The van der Waals surface area contributed by atoms with E-state index in [2.05, 4.69) is 31.0 Å². The topological polar surface area (TPSA) is 101 Å². The lowest BCUT2D eigenvalue weighted by Crippen LogP contribution is -2.40. The molecule has 0 saturated heterocycles. The lowest BCUT2D eigenvalue weighted by atomic mass is 10.1. The number of amides is 1. The molecule has 0 unspecified atom stereocenters. The van der Waals surface area contributed by atoms with Crippen molar-refractivity contribution in [2.45, 2.75) is 38.3 Å². The maximum absolute atomic E-state index is 12.5. The first-order chi connectivity index (χ1) is 13.4. The average molecular weight is 498 g/mol. The molecule has 2 heterocycles. The summed E-state index contributed by atoms with van der Waals surface area (Å²) in [5.41, 5.74) is 1.03. The Kier molecular flexibility index (Phi) is 6.00. The van der Waals surface area contributed by atoms with E-state index < -0.39 is 21.5 Å². The van der Waals surface area contributed by atoms with Crippen LogP contribution < -0.4 is 10.0 Å². The fourth-order valence-electron chi connectivity index (χ4n) is 2.52. The van der Waals surface area contributed by atoms with Crippen LogP contribution in [0.4, 0.5) is 5.13 Å². The lowest BCUT2D eigenvalue weighted by Gasteiger charge is -2.18. The summed E-state index contributed by atoms with van der Waals surface area (Å²) in [5, 5.41) is 2.75. The van der Waals surface area contributed by atoms with Crippen LogP contribution >= 0.6 is 27.3 Å². The number of sulfonamides is 1. The zero-order valence-corrected chi connectivity index (χ0v) is 19.5. The van der Waals surface area contributed by atoms with Crippen LogP contribution in [0.2, 0.25) is 0 Å². The second-order valence-corrected chi connectivity index (χ2v) is 11.1. The standard InChI is InChI=1S/C19H20BrN3O4S2/c1-11-16(12-5-7-13(20)8-6-12)21-18(28-11)22-17(24)14-9-10-15(27-14)29(25,26)23-19(2,3)4/h5-10,23H,1-4H3,(H,21,22,24). The second kappa shape index (κ2) is 8.02. The van der Waals surface area contributed by atoms with Gasteiger partial charge < -0.3 is 4.42 Å². The van der Waals surface area contributed by atoms with E-state index in [1.54, 1.807) is 20.8 Å². The van der Waals surface area contributed by atoms with Crippen LogP contribution in [0.3, 0.4) is 0 Å². The normalized spacial score (nSPS) is 12.2. The number of hydrogen-bond acceptors (Lipinski definition) is 6. The summed E-state index contributed by atoms with van der Waals surface area (Å²) in [6, 6.07) is 10.3. The number of furan rings is 1. The van der Waals surface area contributed by atoms with Gasteiger partial charge in [0.2, 0.25) is 5.09 Å². The highest BCUT2D eigenvalue weighted by molar-refractivity contribution is 9.10. The van der Waals surface area contributed by atoms with Crippen molar-refractivity contribution in [3.05, 3.63) is 51.5 Å². The predicted molar refractivity (Wildman–Crippen MR) is 117 cm³/mol. The van der Waals surface area contributed by atoms with Crippen LogP contribution in [0.25, 0.3) is 11.3 Å². The number of halogens is 1. The minimum Gasteiger partial charge on any atom is -0.438 e. The van der Waals surface area contributed by atoms with E-state index in [1.807, 2.05) is 31.2 Å². The van der Waals surface area contributed by atoms with Gasteiger partial charge in [0.15, 0.2) is 10.9 Å². The van der Waals surface area contributed by atoms with Crippen molar-refractivity contribution < 1.29 is 17.6 Å². The monoisotopic (exact) mass is 497 g/mol. The molecule has 0 aliphatic heterocycles. The summed E-state index contributed by atoms with van der Waals surface area (Å²) in [4.78, 5) is 17.9. The van der Waals surface area contributed by atoms with Gasteiger partial charge in [0.1, 0.15) is 0 Å². The third-order valence-electron chi connectivity index (χ3n) is 3.65. The van der Waals surface area contributed by atoms with Gasteiger partial charge in [-0.1, -0.05) is 28.1 Å². The summed E-state index contributed by atoms with van der Waals surface area (Å²) >= 11 is 4.73. The molecule has 0 saturated carbocycles. The van der Waals surface area contributed by atoms with Crippen molar-refractivity contribution >= 4 is 48.3 Å². The summed E-state index contributed by atoms with van der Waals surface area (Å²) < 4.78 is 33.4. The average Bonchev–Trinajstić information content (AvgIpc) is 3.21. The number of nitrogens with zero attached hydrogens (tertiary/aromatic N) is 1. The lowest BCUT2D eigenvalue weighted by molar-refractivity contribution is 0.0991. The summed E-state index contributed by atoms with van der Waals surface area (Å²) in [7, 11) is -3.86. The number of aryl methyl sites for hydroxylation is 1. The van der Waals surface area contributed by atoms with Crippen molar-refractivity contribution in [3.8, 4) is 11.3 Å². The molecule has 7 nitrogen and oxygen atoms in total. The molecule has 0 fully saturated rings. The van der Waals surface area contributed by atoms with Gasteiger partial charge in [-0.3, -0.25) is 10.1 Å². The fraction of sp³-hybridized carbons (Fsp3) is 0.263. The Morgan fingerprint density at radius 3 is 2.41 bits per heavy atom. The maximum Gasteiger partial charge on any atom is 0.293 e. The van der Waals surface area contributed by atoms with Gasteiger partial charge in [-0.25, -0.2) is 18.1 Å². The van der Waals surface area contributed by atoms with E-state index in [0.29, 0.717) is 5.13 Å². The molecule has 1 aromatic carbocycles. The minimum atomic E-state index is -3.86. The van der Waals surface area contributed by atoms with Crippen molar-refractivity contribution in [3.63, 3.8) is 0 Å². The van der Waals surface area contributed by atoms with Crippen LogP contribution in [0.15, 0.2) is 50.4 Å². The summed E-state index contributed by atoms with van der Waals surface area (Å²) in [5.74, 6) is -0.685. The molecule has 2 N–H and O–H groups in total. The SMILES string of the molecule is Cc1sc(NC(=O)c2ccc(S(=O)(=O)NC(C)(C)C)o2)nc1-c1ccc(Br)cc1. The van der Waals surface area contributed by atoms with Gasteiger partial charge in [0.25, 0.3) is 15.9 Å². The predicted octanol–water partition coefficient (Wildman–Crippen LogP) is 4.80. The molecule has 10 heteroatoms. The number of thiazole rings is 1. The molecule has 0 aliphatic rings. The molecule has 0 spiro atoms. The number of hydrogen-bond donors (Lipinski definition) is 2. The Morgan fingerprint density at radius 1 is 1.14 bits per heavy atom. The Hall–Kier alpha value is -2.01. The van der Waals surface area contributed by atoms with E-state index in [4.69, 9.17) is 4.42 Å². The molecule has 1 amide bonds. The van der Waals surface area contributed by atoms with Gasteiger partial charge >= 0.3 is 0 Å². The summed E-state index contributed by atoms with van der Waals surface area (Å²) in [6.07, 6.45) is 0. The fourth-order valence-corrected chi connectivity index (χ4v) is 4.97. The first-order valence-corrected chi connectivity index (χ1v) is 11.7. The van der Waals surface area contributed by atoms with E-state index in [-0.39, 0.29) is 10.9 Å². The quantitative estimate of drug-likeness (QED) is 0.526. The van der Waals surface area contributed by atoms with E-state index in [1.165, 1.54) is 23.5 Å². The van der Waals surface area contributed by atoms with Gasteiger partial charge in [0.05, 0.1) is 5.69 Å². The zero-order valence-electron chi connectivity index (χ0n) is 16.2. The minimum absolute atomic E-state index is 0.114.